The molecule has 1 saturated heterocycles. The maximum absolute atomic E-state index is 13.9. The van der Waals surface area contributed by atoms with Crippen molar-refractivity contribution in [3.63, 3.8) is 0 Å². The number of hydrogen-bond acceptors (Lipinski definition) is 3. The molecule has 0 spiro atoms. The highest BCUT2D eigenvalue weighted by Gasteiger charge is 2.26. The largest absolute Gasteiger partial charge is 0.370 e. The first-order chi connectivity index (χ1) is 13.4. The van der Waals surface area contributed by atoms with Gasteiger partial charge in [0.1, 0.15) is 6.10 Å². The van der Waals surface area contributed by atoms with Gasteiger partial charge < -0.3 is 15.0 Å². The number of halogens is 5. The number of rotatable bonds is 4. The van der Waals surface area contributed by atoms with Gasteiger partial charge in [-0.3, -0.25) is 4.68 Å². The molecule has 0 radical (unpaired) electrons. The van der Waals surface area contributed by atoms with Crippen LogP contribution in [0, 0.1) is 23.3 Å². The van der Waals surface area contributed by atoms with Gasteiger partial charge in [0.2, 0.25) is 0 Å². The Morgan fingerprint density at radius 1 is 1.28 bits per heavy atom. The maximum atomic E-state index is 13.9. The zero-order chi connectivity index (χ0) is 20.3. The number of aliphatic imine (C=N–C) groups is 1. The van der Waals surface area contributed by atoms with Crippen LogP contribution in [0.3, 0.4) is 0 Å². The number of benzene rings is 1. The fourth-order valence-corrected chi connectivity index (χ4v) is 2.99. The van der Waals surface area contributed by atoms with Crippen LogP contribution in [0.2, 0.25) is 0 Å². The molecule has 1 aromatic carbocycles. The van der Waals surface area contributed by atoms with Crippen LogP contribution in [0.5, 0.6) is 0 Å². The summed E-state index contributed by atoms with van der Waals surface area (Å²) in [4.78, 5) is 6.06. The Morgan fingerprint density at radius 2 is 1.97 bits per heavy atom. The third-order valence-corrected chi connectivity index (χ3v) is 4.39. The molecule has 1 atom stereocenters. The molecule has 0 amide bonds. The summed E-state index contributed by atoms with van der Waals surface area (Å²) in [6.45, 7) is 3.18. The van der Waals surface area contributed by atoms with E-state index in [0.717, 1.165) is 5.56 Å². The second kappa shape index (κ2) is 10.2. The molecular formula is C18H22F4IN5O. The summed E-state index contributed by atoms with van der Waals surface area (Å²) in [6, 6.07) is 0.184. The molecule has 3 rings (SSSR count). The molecule has 1 unspecified atom stereocenters. The smallest absolute Gasteiger partial charge is 0.194 e. The van der Waals surface area contributed by atoms with Gasteiger partial charge in [0.15, 0.2) is 29.2 Å². The molecule has 1 aliphatic heterocycles. The summed E-state index contributed by atoms with van der Waals surface area (Å²) in [6.07, 6.45) is 3.31. The molecule has 160 valence electrons. The average Bonchev–Trinajstić information content (AvgIpc) is 3.12. The van der Waals surface area contributed by atoms with Crippen molar-refractivity contribution < 1.29 is 22.3 Å². The maximum Gasteiger partial charge on any atom is 0.194 e. The van der Waals surface area contributed by atoms with Crippen molar-refractivity contribution in [2.24, 2.45) is 12.0 Å². The van der Waals surface area contributed by atoms with Crippen molar-refractivity contribution in [1.82, 2.24) is 20.0 Å². The number of nitrogens with one attached hydrogen (secondary N) is 1. The van der Waals surface area contributed by atoms with Crippen molar-refractivity contribution in [3.05, 3.63) is 52.9 Å². The number of hydrogen-bond donors (Lipinski definition) is 1. The van der Waals surface area contributed by atoms with Crippen LogP contribution in [0.25, 0.3) is 0 Å². The first-order valence-corrected chi connectivity index (χ1v) is 8.86. The van der Waals surface area contributed by atoms with Gasteiger partial charge in [-0.25, -0.2) is 22.6 Å². The Bertz CT molecular complexity index is 850. The fourth-order valence-electron chi connectivity index (χ4n) is 2.99. The van der Waals surface area contributed by atoms with E-state index in [9.17, 15) is 17.6 Å². The molecule has 29 heavy (non-hydrogen) atoms. The molecule has 0 aliphatic carbocycles. The summed E-state index contributed by atoms with van der Waals surface area (Å²) < 4.78 is 62.0. The average molecular weight is 527 g/mol. The summed E-state index contributed by atoms with van der Waals surface area (Å²) >= 11 is 0. The fraction of sp³-hybridized carbons (Fsp3) is 0.444. The molecular weight excluding hydrogens is 505 g/mol. The highest BCUT2D eigenvalue weighted by molar-refractivity contribution is 14.0. The molecule has 1 N–H and O–H groups in total. The Labute approximate surface area is 182 Å². The monoisotopic (exact) mass is 527 g/mol. The lowest BCUT2D eigenvalue weighted by molar-refractivity contribution is -0.00805. The lowest BCUT2D eigenvalue weighted by Gasteiger charge is -2.34. The Morgan fingerprint density at radius 3 is 2.55 bits per heavy atom. The van der Waals surface area contributed by atoms with Gasteiger partial charge in [-0.2, -0.15) is 5.10 Å². The second-order valence-electron chi connectivity index (χ2n) is 6.37. The van der Waals surface area contributed by atoms with Crippen molar-refractivity contribution in [2.45, 2.75) is 19.6 Å². The van der Waals surface area contributed by atoms with Crippen molar-refractivity contribution >= 4 is 29.9 Å². The molecule has 0 bridgehead atoms. The topological polar surface area (TPSA) is 54.7 Å². The summed E-state index contributed by atoms with van der Waals surface area (Å²) in [5.41, 5.74) is 0.150. The van der Waals surface area contributed by atoms with Crippen molar-refractivity contribution in [3.8, 4) is 0 Å². The standard InChI is InChI=1S/C18H21F4N5O.HI/c1-3-23-18(24-8-12-16(21)13(19)6-14(20)17(12)22)27-4-5-28-15(10-27)11-7-25-26(2)9-11;/h6-7,9,15H,3-5,8,10H2,1-2H3,(H,23,24);1H. The number of nitrogens with zero attached hydrogens (tertiary/aromatic N) is 4. The van der Waals surface area contributed by atoms with Gasteiger partial charge in [0.05, 0.1) is 31.5 Å². The van der Waals surface area contributed by atoms with Gasteiger partial charge in [0, 0.05) is 38.0 Å². The van der Waals surface area contributed by atoms with Crippen LogP contribution in [-0.2, 0) is 18.3 Å². The van der Waals surface area contributed by atoms with Crippen LogP contribution in [0.1, 0.15) is 24.2 Å². The predicted octanol–water partition coefficient (Wildman–Crippen LogP) is 3.13. The number of aryl methyl sites for hydroxylation is 1. The first kappa shape index (κ1) is 23.4. The second-order valence-corrected chi connectivity index (χ2v) is 6.37. The van der Waals surface area contributed by atoms with E-state index < -0.39 is 35.4 Å². The first-order valence-electron chi connectivity index (χ1n) is 8.86. The molecule has 1 fully saturated rings. The van der Waals surface area contributed by atoms with Gasteiger partial charge in [-0.05, 0) is 6.92 Å². The molecule has 1 aliphatic rings. The third kappa shape index (κ3) is 5.38. The van der Waals surface area contributed by atoms with Crippen LogP contribution in [0.15, 0.2) is 23.5 Å². The van der Waals surface area contributed by atoms with Crippen LogP contribution in [0.4, 0.5) is 17.6 Å². The summed E-state index contributed by atoms with van der Waals surface area (Å²) in [7, 11) is 1.80. The van der Waals surface area contributed by atoms with E-state index in [-0.39, 0.29) is 36.1 Å². The molecule has 2 heterocycles. The van der Waals surface area contributed by atoms with Gasteiger partial charge >= 0.3 is 0 Å². The third-order valence-electron chi connectivity index (χ3n) is 4.39. The number of guanidine groups is 1. The lowest BCUT2D eigenvalue weighted by atomic mass is 10.1. The minimum Gasteiger partial charge on any atom is -0.370 e. The number of ether oxygens (including phenoxy) is 1. The predicted molar refractivity (Wildman–Crippen MR) is 110 cm³/mol. The van der Waals surface area contributed by atoms with Gasteiger partial charge in [-0.15, -0.1) is 24.0 Å². The molecule has 1 aromatic heterocycles. The minimum atomic E-state index is -1.45. The quantitative estimate of drug-likeness (QED) is 0.219. The van der Waals surface area contributed by atoms with E-state index in [1.54, 1.807) is 17.9 Å². The van der Waals surface area contributed by atoms with E-state index in [0.29, 0.717) is 32.2 Å². The van der Waals surface area contributed by atoms with Crippen LogP contribution < -0.4 is 5.32 Å². The van der Waals surface area contributed by atoms with Crippen molar-refractivity contribution in [2.75, 3.05) is 26.2 Å². The van der Waals surface area contributed by atoms with Gasteiger partial charge in [-0.1, -0.05) is 0 Å². The lowest BCUT2D eigenvalue weighted by Crippen LogP contribution is -2.48. The minimum absolute atomic E-state index is 0. The zero-order valence-corrected chi connectivity index (χ0v) is 18.3. The summed E-state index contributed by atoms with van der Waals surface area (Å²) in [5.74, 6) is -5.39. The summed E-state index contributed by atoms with van der Waals surface area (Å²) in [5, 5.41) is 7.16. The zero-order valence-electron chi connectivity index (χ0n) is 16.0. The molecule has 0 saturated carbocycles. The van der Waals surface area contributed by atoms with Crippen molar-refractivity contribution in [1.29, 1.82) is 0 Å². The molecule has 2 aromatic rings. The Balaban J connectivity index is 0.00000300. The Hall–Kier alpha value is -1.89. The molecule has 6 nitrogen and oxygen atoms in total. The number of aromatic nitrogens is 2. The van der Waals surface area contributed by atoms with E-state index in [4.69, 9.17) is 4.74 Å². The Kier molecular flexibility index (Phi) is 8.25. The van der Waals surface area contributed by atoms with E-state index in [2.05, 4.69) is 15.4 Å². The normalized spacial score (nSPS) is 17.2. The van der Waals surface area contributed by atoms with Crippen LogP contribution in [-0.4, -0.2) is 46.9 Å². The van der Waals surface area contributed by atoms with E-state index in [1.807, 2.05) is 18.0 Å². The van der Waals surface area contributed by atoms with Gasteiger partial charge in [0.25, 0.3) is 0 Å². The van der Waals surface area contributed by atoms with E-state index in [1.165, 1.54) is 0 Å². The highest BCUT2D eigenvalue weighted by Crippen LogP contribution is 2.23. The molecule has 11 heteroatoms. The highest BCUT2D eigenvalue weighted by atomic mass is 127. The number of morpholine rings is 1. The van der Waals surface area contributed by atoms with E-state index >= 15 is 0 Å². The van der Waals surface area contributed by atoms with Crippen LogP contribution >= 0.6 is 24.0 Å². The SMILES string of the molecule is CCNC(=NCc1c(F)c(F)cc(F)c1F)N1CCOC(c2cnn(C)c2)C1.I.